The second kappa shape index (κ2) is 2.67. The Hall–Kier alpha value is -0.790. The van der Waals surface area contributed by atoms with E-state index in [1.54, 1.807) is 6.20 Å². The van der Waals surface area contributed by atoms with Gasteiger partial charge < -0.3 is 0 Å². The number of hydrogen-bond donors (Lipinski definition) is 0. The Labute approximate surface area is 55.5 Å². The van der Waals surface area contributed by atoms with E-state index in [0.717, 1.165) is 13.0 Å². The van der Waals surface area contributed by atoms with Gasteiger partial charge in [0.1, 0.15) is 0 Å². The van der Waals surface area contributed by atoms with Crippen LogP contribution in [0.15, 0.2) is 6.20 Å². The van der Waals surface area contributed by atoms with Crippen molar-refractivity contribution in [3.05, 3.63) is 18.0 Å². The molecule has 2 heteroatoms. The molecule has 0 N–H and O–H groups in total. The summed E-state index contributed by atoms with van der Waals surface area (Å²) >= 11 is 0. The van der Waals surface area contributed by atoms with Gasteiger partial charge in [0.15, 0.2) is 0 Å². The molecule has 9 heavy (non-hydrogen) atoms. The van der Waals surface area contributed by atoms with E-state index in [4.69, 9.17) is 0 Å². The van der Waals surface area contributed by atoms with Crippen molar-refractivity contribution in [1.29, 1.82) is 0 Å². The van der Waals surface area contributed by atoms with Gasteiger partial charge in [0.05, 0.1) is 6.20 Å². The lowest BCUT2D eigenvalue weighted by Gasteiger charge is -1.98. The predicted molar refractivity (Wildman–Crippen MR) is 36.1 cm³/mol. The van der Waals surface area contributed by atoms with Crippen LogP contribution in [0.1, 0.15) is 19.5 Å². The molecule has 0 aromatic carbocycles. The first-order valence-corrected chi connectivity index (χ1v) is 3.30. The van der Waals surface area contributed by atoms with Crippen LogP contribution in [-0.2, 0) is 13.0 Å². The highest BCUT2D eigenvalue weighted by atomic mass is 15.3. The van der Waals surface area contributed by atoms with Crippen molar-refractivity contribution in [2.75, 3.05) is 0 Å². The topological polar surface area (TPSA) is 17.8 Å². The zero-order valence-electron chi connectivity index (χ0n) is 5.89. The summed E-state index contributed by atoms with van der Waals surface area (Å²) in [5.74, 6) is 0. The highest BCUT2D eigenvalue weighted by molar-refractivity contribution is 4.96. The van der Waals surface area contributed by atoms with Gasteiger partial charge in [-0.05, 0) is 13.3 Å². The zero-order valence-corrected chi connectivity index (χ0v) is 5.89. The Bertz CT molecular complexity index is 160. The predicted octanol–water partition coefficient (Wildman–Crippen LogP) is 1.27. The van der Waals surface area contributed by atoms with Gasteiger partial charge >= 0.3 is 0 Å². The summed E-state index contributed by atoms with van der Waals surface area (Å²) in [5, 5.41) is 4.07. The largest absolute Gasteiger partial charge is 0.269 e. The van der Waals surface area contributed by atoms with E-state index in [0.29, 0.717) is 0 Å². The molecule has 1 aromatic rings. The molecule has 1 heterocycles. The van der Waals surface area contributed by atoms with Crippen LogP contribution in [0.5, 0.6) is 0 Å². The minimum absolute atomic E-state index is 0.951. The summed E-state index contributed by atoms with van der Waals surface area (Å²) in [4.78, 5) is 0. The quantitative estimate of drug-likeness (QED) is 0.579. The van der Waals surface area contributed by atoms with Crippen molar-refractivity contribution < 1.29 is 0 Å². The van der Waals surface area contributed by atoms with Crippen molar-refractivity contribution in [2.24, 2.45) is 0 Å². The molecule has 0 atom stereocenters. The van der Waals surface area contributed by atoms with E-state index in [1.807, 2.05) is 4.68 Å². The lowest BCUT2D eigenvalue weighted by Crippen LogP contribution is -2.00. The third kappa shape index (κ3) is 1.12. The highest BCUT2D eigenvalue weighted by Gasteiger charge is 1.94. The first-order valence-electron chi connectivity index (χ1n) is 3.30. The van der Waals surface area contributed by atoms with Gasteiger partial charge in [0.25, 0.3) is 0 Å². The van der Waals surface area contributed by atoms with E-state index < -0.39 is 0 Å². The first-order chi connectivity index (χ1) is 4.38. The van der Waals surface area contributed by atoms with Gasteiger partial charge in [-0.3, -0.25) is 4.68 Å². The van der Waals surface area contributed by atoms with Crippen LogP contribution in [0.4, 0.5) is 0 Å². The fraction of sp³-hybridized carbons (Fsp3) is 0.571. The second-order valence-corrected chi connectivity index (χ2v) is 1.90. The average Bonchev–Trinajstić information content (AvgIpc) is 2.33. The fourth-order valence-electron chi connectivity index (χ4n) is 0.874. The van der Waals surface area contributed by atoms with Crippen molar-refractivity contribution in [3.8, 4) is 0 Å². The standard InChI is InChI=1S/C7H11N2/c1-3-7-5-6-8-9(7)4-2/h6H,3-4H2,1-2H3. The molecule has 0 amide bonds. The Morgan fingerprint density at radius 3 is 2.89 bits per heavy atom. The maximum absolute atomic E-state index is 4.07. The van der Waals surface area contributed by atoms with Crippen LogP contribution < -0.4 is 0 Å². The molecule has 0 aliphatic carbocycles. The Balaban J connectivity index is 2.85. The van der Waals surface area contributed by atoms with E-state index in [9.17, 15) is 0 Å². The average molecular weight is 123 g/mol. The molecule has 0 bridgehead atoms. The maximum atomic E-state index is 4.07. The molecule has 1 rings (SSSR count). The van der Waals surface area contributed by atoms with E-state index in [-0.39, 0.29) is 0 Å². The summed E-state index contributed by atoms with van der Waals surface area (Å²) in [6.07, 6.45) is 2.75. The molecule has 1 radical (unpaired) electrons. The second-order valence-electron chi connectivity index (χ2n) is 1.90. The van der Waals surface area contributed by atoms with Crippen LogP contribution in [0.25, 0.3) is 0 Å². The Morgan fingerprint density at radius 1 is 1.67 bits per heavy atom. The molecular formula is C7H11N2. The van der Waals surface area contributed by atoms with Gasteiger partial charge in [-0.15, -0.1) is 0 Å². The Morgan fingerprint density at radius 2 is 2.44 bits per heavy atom. The molecule has 49 valence electrons. The summed E-state index contributed by atoms with van der Waals surface area (Å²) in [5.41, 5.74) is 1.19. The number of aryl methyl sites for hydroxylation is 2. The zero-order chi connectivity index (χ0) is 6.69. The van der Waals surface area contributed by atoms with Crippen LogP contribution in [0, 0.1) is 6.07 Å². The van der Waals surface area contributed by atoms with Gasteiger partial charge in [-0.1, -0.05) is 6.92 Å². The van der Waals surface area contributed by atoms with Gasteiger partial charge in [0.2, 0.25) is 0 Å². The molecule has 0 aliphatic heterocycles. The number of aromatic nitrogens is 2. The summed E-state index contributed by atoms with van der Waals surface area (Å²) < 4.78 is 1.96. The lowest BCUT2D eigenvalue weighted by molar-refractivity contribution is 0.626. The van der Waals surface area contributed by atoms with Crippen LogP contribution in [0.2, 0.25) is 0 Å². The fourth-order valence-corrected chi connectivity index (χ4v) is 0.874. The van der Waals surface area contributed by atoms with Gasteiger partial charge in [-0.25, -0.2) is 0 Å². The summed E-state index contributed by atoms with van der Waals surface area (Å²) in [6.45, 7) is 5.15. The van der Waals surface area contributed by atoms with Gasteiger partial charge in [0, 0.05) is 18.3 Å². The molecule has 0 saturated heterocycles. The molecule has 0 aliphatic rings. The SMILES string of the molecule is CCc1[c]cnn1CC. The molecule has 0 fully saturated rings. The lowest BCUT2D eigenvalue weighted by atomic mass is 10.3. The Kier molecular flexibility index (Phi) is 1.88. The highest BCUT2D eigenvalue weighted by Crippen LogP contribution is 1.96. The van der Waals surface area contributed by atoms with Crippen molar-refractivity contribution in [3.63, 3.8) is 0 Å². The summed E-state index contributed by atoms with van der Waals surface area (Å²) in [6, 6.07) is 3.06. The van der Waals surface area contributed by atoms with Crippen LogP contribution >= 0.6 is 0 Å². The van der Waals surface area contributed by atoms with Crippen molar-refractivity contribution >= 4 is 0 Å². The minimum Gasteiger partial charge on any atom is -0.269 e. The third-order valence-electron chi connectivity index (χ3n) is 1.37. The van der Waals surface area contributed by atoms with E-state index in [2.05, 4.69) is 25.0 Å². The van der Waals surface area contributed by atoms with E-state index >= 15 is 0 Å². The van der Waals surface area contributed by atoms with Crippen molar-refractivity contribution in [1.82, 2.24) is 9.78 Å². The van der Waals surface area contributed by atoms with Crippen LogP contribution in [-0.4, -0.2) is 9.78 Å². The normalized spacial score (nSPS) is 10.0. The summed E-state index contributed by atoms with van der Waals surface area (Å²) in [7, 11) is 0. The van der Waals surface area contributed by atoms with Crippen molar-refractivity contribution in [2.45, 2.75) is 26.8 Å². The first kappa shape index (κ1) is 6.33. The number of rotatable bonds is 2. The number of nitrogens with zero attached hydrogens (tertiary/aromatic N) is 2. The number of hydrogen-bond acceptors (Lipinski definition) is 1. The molecule has 2 nitrogen and oxygen atoms in total. The van der Waals surface area contributed by atoms with Gasteiger partial charge in [-0.2, -0.15) is 5.10 Å². The molecule has 0 spiro atoms. The maximum Gasteiger partial charge on any atom is 0.0572 e. The molecular weight excluding hydrogens is 112 g/mol. The van der Waals surface area contributed by atoms with E-state index in [1.165, 1.54) is 5.69 Å². The molecule has 1 aromatic heterocycles. The minimum atomic E-state index is 0.951. The molecule has 0 saturated carbocycles. The third-order valence-corrected chi connectivity index (χ3v) is 1.37. The smallest absolute Gasteiger partial charge is 0.0572 e. The monoisotopic (exact) mass is 123 g/mol. The molecule has 0 unspecified atom stereocenters. The van der Waals surface area contributed by atoms with Crippen LogP contribution in [0.3, 0.4) is 0 Å².